The van der Waals surface area contributed by atoms with E-state index >= 15 is 0 Å². The van der Waals surface area contributed by atoms with Gasteiger partial charge in [-0.3, -0.25) is 14.6 Å². The Morgan fingerprint density at radius 2 is 1.23 bits per heavy atom. The summed E-state index contributed by atoms with van der Waals surface area (Å²) in [5, 5.41) is 3.93. The zero-order valence-corrected chi connectivity index (χ0v) is 42.9. The molecule has 0 bridgehead atoms. The van der Waals surface area contributed by atoms with Crippen molar-refractivity contribution in [3.8, 4) is 11.3 Å². The summed E-state index contributed by atoms with van der Waals surface area (Å²) in [6.07, 6.45) is 6.31. The van der Waals surface area contributed by atoms with Gasteiger partial charge in [0.1, 0.15) is 52.8 Å². The van der Waals surface area contributed by atoms with Crippen molar-refractivity contribution in [1.29, 1.82) is 0 Å². The first kappa shape index (κ1) is 49.1. The van der Waals surface area contributed by atoms with Crippen LogP contribution in [0.5, 0.6) is 0 Å². The number of hydrogen-bond acceptors (Lipinski definition) is 12. The average Bonchev–Trinajstić information content (AvgIpc) is 4.03. The molecule has 0 saturated carbocycles. The number of thiazole rings is 1. The molecule has 1 aromatic carbocycles. The van der Waals surface area contributed by atoms with Crippen LogP contribution in [0.15, 0.2) is 42.2 Å². The highest BCUT2D eigenvalue weighted by Gasteiger charge is 2.38. The fourth-order valence-corrected chi connectivity index (χ4v) is 9.77. The summed E-state index contributed by atoms with van der Waals surface area (Å²) < 4.78 is 27.9. The summed E-state index contributed by atoms with van der Waals surface area (Å²) in [6, 6.07) is 8.89. The van der Waals surface area contributed by atoms with E-state index in [1.54, 1.807) is 27.4 Å². The zero-order valence-electron chi connectivity index (χ0n) is 40.1. The van der Waals surface area contributed by atoms with E-state index in [2.05, 4.69) is 49.6 Å². The molecule has 6 rings (SSSR count). The topological polar surface area (TPSA) is 155 Å². The van der Waals surface area contributed by atoms with Crippen molar-refractivity contribution in [1.82, 2.24) is 33.9 Å². The van der Waals surface area contributed by atoms with Crippen LogP contribution in [-0.4, -0.2) is 106 Å². The van der Waals surface area contributed by atoms with E-state index in [1.807, 2.05) is 75.2 Å². The number of ether oxygens (including phenoxy) is 4. The van der Waals surface area contributed by atoms with Gasteiger partial charge in [-0.15, -0.1) is 11.3 Å². The molecular formula is C46H70N8O7SSi2. The second kappa shape index (κ2) is 20.0. The Balaban J connectivity index is 1.21. The molecule has 2 amide bonds. The Kier molecular flexibility index (Phi) is 15.4. The van der Waals surface area contributed by atoms with Gasteiger partial charge in [-0.1, -0.05) is 63.5 Å². The number of benzene rings is 1. The lowest BCUT2D eigenvalue weighted by Crippen LogP contribution is -2.37. The van der Waals surface area contributed by atoms with Gasteiger partial charge in [0.05, 0.1) is 29.5 Å². The van der Waals surface area contributed by atoms with E-state index in [4.69, 9.17) is 28.9 Å². The number of nitrogens with zero attached hydrogens (tertiary/aromatic N) is 7. The predicted octanol–water partition coefficient (Wildman–Crippen LogP) is 10.9. The van der Waals surface area contributed by atoms with Gasteiger partial charge in [-0.05, 0) is 79.3 Å². The molecule has 18 heteroatoms. The molecule has 0 aliphatic carbocycles. The van der Waals surface area contributed by atoms with E-state index in [-0.39, 0.29) is 42.5 Å². The minimum absolute atomic E-state index is 0.238. The third-order valence-corrected chi connectivity index (χ3v) is 15.0. The molecular weight excluding hydrogens is 865 g/mol. The number of rotatable bonds is 17. The van der Waals surface area contributed by atoms with Crippen LogP contribution < -0.4 is 5.32 Å². The predicted molar refractivity (Wildman–Crippen MR) is 257 cm³/mol. The number of amides is 2. The van der Waals surface area contributed by atoms with Crippen molar-refractivity contribution in [2.24, 2.45) is 0 Å². The fourth-order valence-electron chi connectivity index (χ4n) is 7.57. The maximum absolute atomic E-state index is 14.1. The molecule has 350 valence electrons. The Morgan fingerprint density at radius 1 is 0.734 bits per heavy atom. The molecule has 0 radical (unpaired) electrons. The van der Waals surface area contributed by atoms with E-state index in [1.165, 1.54) is 11.3 Å². The van der Waals surface area contributed by atoms with Crippen LogP contribution in [0, 0.1) is 0 Å². The van der Waals surface area contributed by atoms with Crippen LogP contribution >= 0.6 is 11.3 Å². The van der Waals surface area contributed by atoms with E-state index in [0.29, 0.717) is 55.2 Å². The zero-order chi connectivity index (χ0) is 46.6. The number of nitrogens with one attached hydrogen (secondary N) is 1. The molecule has 4 aromatic rings. The molecule has 64 heavy (non-hydrogen) atoms. The van der Waals surface area contributed by atoms with Gasteiger partial charge in [0.15, 0.2) is 0 Å². The van der Waals surface area contributed by atoms with Gasteiger partial charge in [-0.2, -0.15) is 0 Å². The minimum Gasteiger partial charge on any atom is -0.444 e. The van der Waals surface area contributed by atoms with Gasteiger partial charge in [-0.25, -0.2) is 24.5 Å². The van der Waals surface area contributed by atoms with Crippen molar-refractivity contribution < 1.29 is 33.3 Å². The molecule has 1 N–H and O–H groups in total. The highest BCUT2D eigenvalue weighted by atomic mass is 32.1. The summed E-state index contributed by atoms with van der Waals surface area (Å²) in [5.41, 5.74) is 2.70. The number of ketones is 1. The summed E-state index contributed by atoms with van der Waals surface area (Å²) >= 11 is 1.32. The third kappa shape index (κ3) is 13.4. The highest BCUT2D eigenvalue weighted by molar-refractivity contribution is 7.14. The molecule has 0 spiro atoms. The summed E-state index contributed by atoms with van der Waals surface area (Å²) in [7, 11) is -2.61. The fraction of sp³-hybridized carbons (Fsp3) is 0.609. The van der Waals surface area contributed by atoms with Gasteiger partial charge < -0.3 is 33.4 Å². The van der Waals surface area contributed by atoms with Gasteiger partial charge >= 0.3 is 12.2 Å². The first-order valence-corrected chi connectivity index (χ1v) is 30.9. The molecule has 0 unspecified atom stereocenters. The molecule has 2 fully saturated rings. The maximum atomic E-state index is 14.1. The van der Waals surface area contributed by atoms with Crippen LogP contribution in [0.3, 0.4) is 0 Å². The lowest BCUT2D eigenvalue weighted by molar-refractivity contribution is 0.0194. The number of anilines is 2. The van der Waals surface area contributed by atoms with Crippen LogP contribution in [-0.2, 0) is 32.4 Å². The Hall–Kier alpha value is -4.37. The molecule has 15 nitrogen and oxygen atoms in total. The smallest absolute Gasteiger partial charge is 0.410 e. The first-order valence-electron chi connectivity index (χ1n) is 22.6. The number of carbonyl (C=O) groups excluding carboxylic acids is 3. The molecule has 2 saturated heterocycles. The molecule has 2 aliphatic rings. The Morgan fingerprint density at radius 3 is 1.73 bits per heavy atom. The van der Waals surface area contributed by atoms with Crippen LogP contribution in [0.4, 0.5) is 20.4 Å². The Labute approximate surface area is 385 Å². The monoisotopic (exact) mass is 934 g/mol. The number of hydrogen-bond donors (Lipinski definition) is 1. The molecule has 2 aliphatic heterocycles. The molecule has 3 aromatic heterocycles. The number of likely N-dealkylation sites (tertiary alicyclic amines) is 2. The first-order chi connectivity index (χ1) is 29.9. The standard InChI is InChI=1S/C46H70N8O7SSi2/c1-45(2,3)60-43(56)53-21-13-15-35(53)40-48-34(27-51(40)30-58-23-25-63(7,8)9)32-17-19-33(20-18-32)39(55)38-42(62-29-47-38)50-37-28-52(31-59-24-26-64(10,11)12)41(49-37)36-16-14-22-54(36)44(57)61-46(4,5)6/h17-20,27-29,35-36,50H,13-16,21-26,30-31H2,1-12H3/t35-,36-/m0/s1. The van der Waals surface area contributed by atoms with Crippen molar-refractivity contribution in [2.45, 2.75) is 155 Å². The Bertz CT molecular complexity index is 2230. The van der Waals surface area contributed by atoms with Crippen molar-refractivity contribution in [2.75, 3.05) is 31.6 Å². The number of aromatic nitrogens is 5. The van der Waals surface area contributed by atoms with Gasteiger partial charge in [0, 0.05) is 59.8 Å². The quantitative estimate of drug-likeness (QED) is 0.0611. The van der Waals surface area contributed by atoms with E-state index in [0.717, 1.165) is 54.9 Å². The molecule has 5 heterocycles. The maximum Gasteiger partial charge on any atom is 0.410 e. The summed E-state index contributed by atoms with van der Waals surface area (Å²) in [4.78, 5) is 58.9. The normalized spacial score (nSPS) is 17.3. The van der Waals surface area contributed by atoms with Crippen molar-refractivity contribution >= 4 is 56.3 Å². The minimum atomic E-state index is -1.31. The second-order valence-electron chi connectivity index (χ2n) is 21.3. The van der Waals surface area contributed by atoms with Crippen molar-refractivity contribution in [3.05, 3.63) is 65.1 Å². The van der Waals surface area contributed by atoms with Crippen LogP contribution in [0.2, 0.25) is 51.4 Å². The van der Waals surface area contributed by atoms with Crippen LogP contribution in [0.1, 0.15) is 107 Å². The number of carbonyl (C=O) groups is 3. The van der Waals surface area contributed by atoms with Crippen molar-refractivity contribution in [3.63, 3.8) is 0 Å². The van der Waals surface area contributed by atoms with Gasteiger partial charge in [0.25, 0.3) is 0 Å². The lowest BCUT2D eigenvalue weighted by Gasteiger charge is -2.28. The summed E-state index contributed by atoms with van der Waals surface area (Å²) in [5.74, 6) is 1.73. The summed E-state index contributed by atoms with van der Waals surface area (Å²) in [6.45, 7) is 28.2. The van der Waals surface area contributed by atoms with Gasteiger partial charge in [0.2, 0.25) is 5.78 Å². The highest BCUT2D eigenvalue weighted by Crippen LogP contribution is 2.37. The SMILES string of the molecule is CC(C)(C)OC(=O)N1CCC[C@H]1c1nc(Nc2scnc2C(=O)c2ccc(-c3cn(COCC[Si](C)(C)C)c([C@@H]4CCCN4C(=O)OC(C)(C)C)n3)cc2)cn1COCC[Si](C)(C)C. The second-order valence-corrected chi connectivity index (χ2v) is 33.4. The lowest BCUT2D eigenvalue weighted by atomic mass is 10.0. The van der Waals surface area contributed by atoms with E-state index in [9.17, 15) is 14.4 Å². The third-order valence-electron chi connectivity index (χ3n) is 10.9. The van der Waals surface area contributed by atoms with Crippen LogP contribution in [0.25, 0.3) is 11.3 Å². The molecule has 2 atom stereocenters. The average molecular weight is 935 g/mol. The largest absolute Gasteiger partial charge is 0.444 e. The van der Waals surface area contributed by atoms with E-state index < -0.39 is 27.3 Å². The number of imidazole rings is 2.